The van der Waals surface area contributed by atoms with Crippen LogP contribution in [0.4, 0.5) is 19.3 Å². The van der Waals surface area contributed by atoms with Crippen LogP contribution in [0.5, 0.6) is 11.5 Å². The Morgan fingerprint density at radius 3 is 2.22 bits per heavy atom. The average Bonchev–Trinajstić information content (AvgIpc) is 3.66. The van der Waals surface area contributed by atoms with Crippen molar-refractivity contribution in [2.24, 2.45) is 0 Å². The van der Waals surface area contributed by atoms with Gasteiger partial charge in [0.25, 0.3) is 5.89 Å². The Balaban J connectivity index is 1.26. The fraction of sp³-hybridized carbons (Fsp3) is 0.250. The largest absolute Gasteiger partial charge is 0.454 e. The molecular formula is C28H24F2N4O6S. The SMILES string of the molecule is O=C(N1CCS(=O)(=O)CC1)N(Cc1ccc(-c2nnc(C(F)F)o2)cc1)c1ccc(-c2ccc3c(c2)OCO3)cc1. The van der Waals surface area contributed by atoms with E-state index in [-0.39, 0.29) is 49.9 Å². The van der Waals surface area contributed by atoms with Crippen LogP contribution in [0.3, 0.4) is 0 Å². The van der Waals surface area contributed by atoms with Crippen molar-refractivity contribution in [1.82, 2.24) is 15.1 Å². The van der Waals surface area contributed by atoms with Gasteiger partial charge in [-0.1, -0.05) is 30.3 Å². The number of rotatable bonds is 6. The molecule has 10 nitrogen and oxygen atoms in total. The molecule has 0 bridgehead atoms. The van der Waals surface area contributed by atoms with E-state index in [9.17, 15) is 22.0 Å². The van der Waals surface area contributed by atoms with Gasteiger partial charge in [-0.3, -0.25) is 4.90 Å². The number of anilines is 1. The van der Waals surface area contributed by atoms with E-state index < -0.39 is 22.2 Å². The van der Waals surface area contributed by atoms with Crippen molar-refractivity contribution in [3.63, 3.8) is 0 Å². The van der Waals surface area contributed by atoms with Gasteiger partial charge in [0.15, 0.2) is 21.3 Å². The first-order valence-corrected chi connectivity index (χ1v) is 14.6. The molecule has 212 valence electrons. The lowest BCUT2D eigenvalue weighted by atomic mass is 10.0. The molecule has 2 aliphatic rings. The first kappa shape index (κ1) is 26.7. The maximum absolute atomic E-state index is 13.7. The van der Waals surface area contributed by atoms with Gasteiger partial charge in [-0.05, 0) is 53.1 Å². The van der Waals surface area contributed by atoms with Crippen LogP contribution in [-0.4, -0.2) is 60.9 Å². The molecule has 4 aromatic rings. The number of amides is 2. The molecule has 3 heterocycles. The van der Waals surface area contributed by atoms with Crippen molar-refractivity contribution in [2.75, 3.05) is 36.3 Å². The molecular weight excluding hydrogens is 558 g/mol. The number of hydrogen-bond acceptors (Lipinski definition) is 8. The minimum Gasteiger partial charge on any atom is -0.454 e. The number of sulfone groups is 1. The molecule has 0 aliphatic carbocycles. The number of alkyl halides is 2. The average molecular weight is 583 g/mol. The second-order valence-electron chi connectivity index (χ2n) is 9.57. The highest BCUT2D eigenvalue weighted by Crippen LogP contribution is 2.36. The Morgan fingerprint density at radius 2 is 1.54 bits per heavy atom. The normalized spacial score (nSPS) is 15.7. The summed E-state index contributed by atoms with van der Waals surface area (Å²) in [6.45, 7) is 0.572. The van der Waals surface area contributed by atoms with Crippen LogP contribution >= 0.6 is 0 Å². The Bertz CT molecular complexity index is 1660. The molecule has 1 aromatic heterocycles. The maximum Gasteiger partial charge on any atom is 0.324 e. The van der Waals surface area contributed by atoms with Crippen LogP contribution in [0.2, 0.25) is 0 Å². The summed E-state index contributed by atoms with van der Waals surface area (Å²) in [5.41, 5.74) is 3.66. The van der Waals surface area contributed by atoms with Crippen LogP contribution in [0.25, 0.3) is 22.6 Å². The van der Waals surface area contributed by atoms with Gasteiger partial charge < -0.3 is 18.8 Å². The Hall–Kier alpha value is -4.52. The molecule has 0 unspecified atom stereocenters. The number of carbonyl (C=O) groups excluding carboxylic acids is 1. The van der Waals surface area contributed by atoms with Gasteiger partial charge in [-0.15, -0.1) is 10.2 Å². The fourth-order valence-corrected chi connectivity index (χ4v) is 5.83. The van der Waals surface area contributed by atoms with E-state index in [4.69, 9.17) is 13.9 Å². The lowest BCUT2D eigenvalue weighted by molar-refractivity contribution is 0.116. The Labute approximate surface area is 234 Å². The molecule has 2 aliphatic heterocycles. The highest BCUT2D eigenvalue weighted by molar-refractivity contribution is 7.91. The van der Waals surface area contributed by atoms with Crippen molar-refractivity contribution in [2.45, 2.75) is 13.0 Å². The molecule has 0 spiro atoms. The highest BCUT2D eigenvalue weighted by atomic mass is 32.2. The van der Waals surface area contributed by atoms with E-state index in [2.05, 4.69) is 10.2 Å². The third-order valence-corrected chi connectivity index (χ3v) is 8.51. The maximum atomic E-state index is 13.7. The summed E-state index contributed by atoms with van der Waals surface area (Å²) in [7, 11) is -3.17. The lowest BCUT2D eigenvalue weighted by Gasteiger charge is -2.33. The predicted molar refractivity (Wildman–Crippen MR) is 144 cm³/mol. The molecule has 2 amide bonds. The van der Waals surface area contributed by atoms with Crippen molar-refractivity contribution in [3.05, 3.63) is 78.2 Å². The minimum absolute atomic E-state index is 0.0339. The van der Waals surface area contributed by atoms with Crippen molar-refractivity contribution >= 4 is 21.6 Å². The number of benzene rings is 3. The van der Waals surface area contributed by atoms with Gasteiger partial charge >= 0.3 is 12.5 Å². The summed E-state index contributed by atoms with van der Waals surface area (Å²) in [5, 5.41) is 7.02. The summed E-state index contributed by atoms with van der Waals surface area (Å²) in [6.07, 6.45) is -2.86. The minimum atomic E-state index is -3.17. The van der Waals surface area contributed by atoms with Gasteiger partial charge in [0.05, 0.1) is 18.1 Å². The second-order valence-corrected chi connectivity index (χ2v) is 11.9. The van der Waals surface area contributed by atoms with Crippen LogP contribution < -0.4 is 14.4 Å². The number of ether oxygens (including phenoxy) is 2. The molecule has 0 radical (unpaired) electrons. The molecule has 41 heavy (non-hydrogen) atoms. The van der Waals surface area contributed by atoms with Gasteiger partial charge in [0.2, 0.25) is 12.7 Å². The van der Waals surface area contributed by atoms with Crippen molar-refractivity contribution in [3.8, 4) is 34.1 Å². The monoisotopic (exact) mass is 582 g/mol. The Morgan fingerprint density at radius 1 is 0.878 bits per heavy atom. The topological polar surface area (TPSA) is 115 Å². The molecule has 0 saturated carbocycles. The van der Waals surface area contributed by atoms with Gasteiger partial charge in [0, 0.05) is 24.3 Å². The summed E-state index contributed by atoms with van der Waals surface area (Å²) in [4.78, 5) is 16.8. The molecule has 0 atom stereocenters. The quantitative estimate of drug-likeness (QED) is 0.315. The van der Waals surface area contributed by atoms with E-state index in [0.717, 1.165) is 16.7 Å². The molecule has 3 aromatic carbocycles. The van der Waals surface area contributed by atoms with Gasteiger partial charge in [-0.2, -0.15) is 8.78 Å². The van der Waals surface area contributed by atoms with Crippen LogP contribution in [0, 0.1) is 0 Å². The van der Waals surface area contributed by atoms with Crippen LogP contribution in [0.1, 0.15) is 17.9 Å². The molecule has 0 N–H and O–H groups in total. The van der Waals surface area contributed by atoms with E-state index in [0.29, 0.717) is 22.7 Å². The predicted octanol–water partition coefficient (Wildman–Crippen LogP) is 4.93. The lowest BCUT2D eigenvalue weighted by Crippen LogP contribution is -2.49. The smallest absolute Gasteiger partial charge is 0.324 e. The van der Waals surface area contributed by atoms with E-state index in [1.807, 2.05) is 42.5 Å². The Kier molecular flexibility index (Phi) is 7.03. The van der Waals surface area contributed by atoms with Gasteiger partial charge in [-0.25, -0.2) is 13.2 Å². The number of carbonyl (C=O) groups is 1. The molecule has 1 saturated heterocycles. The molecule has 6 rings (SSSR count). The van der Waals surface area contributed by atoms with Crippen molar-refractivity contribution in [1.29, 1.82) is 0 Å². The summed E-state index contributed by atoms with van der Waals surface area (Å²) < 4.78 is 65.5. The first-order valence-electron chi connectivity index (χ1n) is 12.7. The summed E-state index contributed by atoms with van der Waals surface area (Å²) in [6, 6.07) is 19.6. The summed E-state index contributed by atoms with van der Waals surface area (Å²) in [5.74, 6) is 0.384. The standard InChI is InChI=1S/C28H24F2N4O6S/c29-25(30)27-32-31-26(40-27)20-3-1-18(2-4-20)16-34(28(35)33-11-13-41(36,37)14-12-33)22-8-5-19(6-9-22)21-7-10-23-24(15-21)39-17-38-23/h1-10,15,25H,11-14,16-17H2. The van der Waals surface area contributed by atoms with E-state index in [1.165, 1.54) is 4.90 Å². The molecule has 1 fully saturated rings. The zero-order valence-corrected chi connectivity index (χ0v) is 22.4. The first-order chi connectivity index (χ1) is 19.8. The van der Waals surface area contributed by atoms with E-state index >= 15 is 0 Å². The van der Waals surface area contributed by atoms with Crippen molar-refractivity contribution < 1.29 is 35.9 Å². The fourth-order valence-electron chi connectivity index (χ4n) is 4.63. The second kappa shape index (κ2) is 10.8. The summed E-state index contributed by atoms with van der Waals surface area (Å²) >= 11 is 0. The third-order valence-electron chi connectivity index (χ3n) is 6.90. The highest BCUT2D eigenvalue weighted by Gasteiger charge is 2.29. The van der Waals surface area contributed by atoms with E-state index in [1.54, 1.807) is 29.2 Å². The number of nitrogens with zero attached hydrogens (tertiary/aromatic N) is 4. The number of fused-ring (bicyclic) bond motifs is 1. The number of aromatic nitrogens is 2. The zero-order valence-electron chi connectivity index (χ0n) is 21.6. The number of hydrogen-bond donors (Lipinski definition) is 0. The zero-order chi connectivity index (χ0) is 28.6. The number of halogens is 2. The number of urea groups is 1. The third kappa shape index (κ3) is 5.71. The van der Waals surface area contributed by atoms with Gasteiger partial charge in [0.1, 0.15) is 0 Å². The van der Waals surface area contributed by atoms with Crippen LogP contribution in [-0.2, 0) is 16.4 Å². The van der Waals surface area contributed by atoms with Crippen LogP contribution in [0.15, 0.2) is 71.1 Å². The molecule has 13 heteroatoms.